The van der Waals surface area contributed by atoms with Crippen LogP contribution in [0.15, 0.2) is 41.1 Å². The summed E-state index contributed by atoms with van der Waals surface area (Å²) in [4.78, 5) is 4.07. The highest BCUT2D eigenvalue weighted by Crippen LogP contribution is 2.25. The quantitative estimate of drug-likeness (QED) is 0.938. The van der Waals surface area contributed by atoms with Crippen LogP contribution in [0.2, 0.25) is 0 Å². The highest BCUT2D eigenvalue weighted by Gasteiger charge is 2.03. The van der Waals surface area contributed by atoms with Gasteiger partial charge in [-0.3, -0.25) is 4.98 Å². The summed E-state index contributed by atoms with van der Waals surface area (Å²) in [5.74, 6) is 0.671. The molecule has 18 heavy (non-hydrogen) atoms. The van der Waals surface area contributed by atoms with E-state index in [9.17, 15) is 4.39 Å². The summed E-state index contributed by atoms with van der Waals surface area (Å²) in [6.45, 7) is 0.705. The highest BCUT2D eigenvalue weighted by molar-refractivity contribution is 9.10. The van der Waals surface area contributed by atoms with Crippen LogP contribution in [0.3, 0.4) is 0 Å². The molecule has 0 aliphatic rings. The van der Waals surface area contributed by atoms with Crippen LogP contribution in [-0.2, 0) is 6.54 Å². The molecule has 0 saturated carbocycles. The zero-order chi connectivity index (χ0) is 13.0. The Hall–Kier alpha value is -1.46. The number of halogens is 2. The minimum Gasteiger partial charge on any atom is -0.456 e. The first-order valence-electron chi connectivity index (χ1n) is 5.40. The van der Waals surface area contributed by atoms with Gasteiger partial charge in [0.2, 0.25) is 0 Å². The molecule has 1 N–H and O–H groups in total. The molecule has 0 fully saturated rings. The van der Waals surface area contributed by atoms with Gasteiger partial charge in [-0.2, -0.15) is 0 Å². The number of rotatable bonds is 4. The van der Waals surface area contributed by atoms with Crippen molar-refractivity contribution in [2.45, 2.75) is 6.54 Å². The van der Waals surface area contributed by atoms with Crippen LogP contribution < -0.4 is 10.1 Å². The second-order valence-electron chi connectivity index (χ2n) is 3.77. The zero-order valence-corrected chi connectivity index (χ0v) is 11.4. The fourth-order valence-electron chi connectivity index (χ4n) is 1.54. The molecule has 2 rings (SSSR count). The molecule has 0 spiro atoms. The molecule has 1 aromatic heterocycles. The minimum absolute atomic E-state index is 0.348. The number of ether oxygens (including phenoxy) is 1. The van der Waals surface area contributed by atoms with Crippen LogP contribution in [0.5, 0.6) is 11.5 Å². The summed E-state index contributed by atoms with van der Waals surface area (Å²) in [6.07, 6.45) is 3.35. The topological polar surface area (TPSA) is 34.2 Å². The van der Waals surface area contributed by atoms with E-state index >= 15 is 0 Å². The second kappa shape index (κ2) is 5.93. The lowest BCUT2D eigenvalue weighted by molar-refractivity contribution is 0.473. The number of nitrogens with one attached hydrogen (secondary N) is 1. The van der Waals surface area contributed by atoms with Crippen molar-refractivity contribution >= 4 is 15.9 Å². The number of nitrogens with zero attached hydrogens (tertiary/aromatic N) is 1. The first-order chi connectivity index (χ1) is 8.67. The van der Waals surface area contributed by atoms with E-state index in [-0.39, 0.29) is 5.82 Å². The van der Waals surface area contributed by atoms with Gasteiger partial charge in [-0.25, -0.2) is 4.39 Å². The van der Waals surface area contributed by atoms with E-state index in [1.807, 2.05) is 13.1 Å². The molecule has 0 unspecified atom stereocenters. The van der Waals surface area contributed by atoms with Gasteiger partial charge in [-0.1, -0.05) is 15.9 Å². The first kappa shape index (κ1) is 13.0. The first-order valence-corrected chi connectivity index (χ1v) is 6.19. The molecular formula is C13H12BrFN2O. The number of benzene rings is 1. The largest absolute Gasteiger partial charge is 0.456 e. The van der Waals surface area contributed by atoms with E-state index in [1.165, 1.54) is 12.1 Å². The molecule has 0 atom stereocenters. The van der Waals surface area contributed by atoms with E-state index in [0.717, 1.165) is 5.56 Å². The van der Waals surface area contributed by atoms with Crippen LogP contribution in [0.25, 0.3) is 0 Å². The van der Waals surface area contributed by atoms with Crippen molar-refractivity contribution in [2.75, 3.05) is 7.05 Å². The minimum atomic E-state index is -0.348. The number of aromatic nitrogens is 1. The Balaban J connectivity index is 2.20. The summed E-state index contributed by atoms with van der Waals surface area (Å²) < 4.78 is 19.4. The molecular weight excluding hydrogens is 299 g/mol. The predicted molar refractivity (Wildman–Crippen MR) is 71.2 cm³/mol. The average molecular weight is 311 g/mol. The van der Waals surface area contributed by atoms with Crippen LogP contribution in [0, 0.1) is 5.82 Å². The summed E-state index contributed by atoms with van der Waals surface area (Å²) in [5.41, 5.74) is 1.01. The van der Waals surface area contributed by atoms with Gasteiger partial charge >= 0.3 is 0 Å². The Kier molecular flexibility index (Phi) is 4.28. The van der Waals surface area contributed by atoms with Crippen LogP contribution in [0.1, 0.15) is 5.56 Å². The fraction of sp³-hybridized carbons (Fsp3) is 0.154. The SMILES string of the molecule is CNCc1cncc(Oc2cc(F)cc(Br)c2)c1. The summed E-state index contributed by atoms with van der Waals surface area (Å²) in [6, 6.07) is 6.27. The number of pyridine rings is 1. The molecule has 0 amide bonds. The van der Waals surface area contributed by atoms with Gasteiger partial charge in [0.1, 0.15) is 17.3 Å². The molecule has 5 heteroatoms. The molecule has 0 aliphatic carbocycles. The fourth-order valence-corrected chi connectivity index (χ4v) is 1.99. The van der Waals surface area contributed by atoms with Gasteiger partial charge in [0.15, 0.2) is 0 Å². The Labute approximate surface area is 113 Å². The van der Waals surface area contributed by atoms with E-state index < -0.39 is 0 Å². The smallest absolute Gasteiger partial charge is 0.146 e. The van der Waals surface area contributed by atoms with Gasteiger partial charge < -0.3 is 10.1 Å². The van der Waals surface area contributed by atoms with Crippen LogP contribution in [-0.4, -0.2) is 12.0 Å². The lowest BCUT2D eigenvalue weighted by Crippen LogP contribution is -2.05. The normalized spacial score (nSPS) is 10.4. The van der Waals surface area contributed by atoms with Crippen molar-refractivity contribution in [2.24, 2.45) is 0 Å². The van der Waals surface area contributed by atoms with Crippen molar-refractivity contribution < 1.29 is 9.13 Å². The molecule has 0 saturated heterocycles. The van der Waals surface area contributed by atoms with Gasteiger partial charge in [0.05, 0.1) is 6.20 Å². The van der Waals surface area contributed by atoms with Crippen molar-refractivity contribution in [3.05, 3.63) is 52.5 Å². The van der Waals surface area contributed by atoms with E-state index in [2.05, 4.69) is 26.2 Å². The predicted octanol–water partition coefficient (Wildman–Crippen LogP) is 3.49. The molecule has 0 aliphatic heterocycles. The second-order valence-corrected chi connectivity index (χ2v) is 4.68. The molecule has 0 radical (unpaired) electrons. The molecule has 1 heterocycles. The van der Waals surface area contributed by atoms with Crippen molar-refractivity contribution in [3.8, 4) is 11.5 Å². The molecule has 3 nitrogen and oxygen atoms in total. The van der Waals surface area contributed by atoms with Crippen LogP contribution in [0.4, 0.5) is 4.39 Å². The number of hydrogen-bond acceptors (Lipinski definition) is 3. The van der Waals surface area contributed by atoms with E-state index in [1.54, 1.807) is 18.5 Å². The summed E-state index contributed by atoms with van der Waals surface area (Å²) >= 11 is 3.22. The Morgan fingerprint density at radius 1 is 1.22 bits per heavy atom. The van der Waals surface area contributed by atoms with E-state index in [4.69, 9.17) is 4.74 Å². The van der Waals surface area contributed by atoms with Gasteiger partial charge in [0, 0.05) is 23.3 Å². The van der Waals surface area contributed by atoms with Gasteiger partial charge in [0.25, 0.3) is 0 Å². The zero-order valence-electron chi connectivity index (χ0n) is 9.78. The Morgan fingerprint density at radius 3 is 2.78 bits per heavy atom. The highest BCUT2D eigenvalue weighted by atomic mass is 79.9. The third-order valence-electron chi connectivity index (χ3n) is 2.22. The maximum atomic E-state index is 13.2. The standard InChI is InChI=1S/C13H12BrFN2O/c1-16-6-9-2-13(8-17-7-9)18-12-4-10(14)3-11(15)5-12/h2-5,7-8,16H,6H2,1H3. The third-order valence-corrected chi connectivity index (χ3v) is 2.68. The van der Waals surface area contributed by atoms with Gasteiger partial charge in [-0.05, 0) is 30.8 Å². The maximum Gasteiger partial charge on any atom is 0.146 e. The lowest BCUT2D eigenvalue weighted by atomic mass is 10.3. The number of hydrogen-bond donors (Lipinski definition) is 1. The van der Waals surface area contributed by atoms with Crippen LogP contribution >= 0.6 is 15.9 Å². The summed E-state index contributed by atoms with van der Waals surface area (Å²) in [5, 5.41) is 3.03. The maximum absolute atomic E-state index is 13.2. The molecule has 94 valence electrons. The van der Waals surface area contributed by atoms with E-state index in [0.29, 0.717) is 22.5 Å². The lowest BCUT2D eigenvalue weighted by Gasteiger charge is -2.07. The Morgan fingerprint density at radius 2 is 2.06 bits per heavy atom. The third kappa shape index (κ3) is 3.51. The van der Waals surface area contributed by atoms with Crippen molar-refractivity contribution in [3.63, 3.8) is 0 Å². The average Bonchev–Trinajstić information content (AvgIpc) is 2.28. The van der Waals surface area contributed by atoms with Gasteiger partial charge in [-0.15, -0.1) is 0 Å². The summed E-state index contributed by atoms with van der Waals surface area (Å²) in [7, 11) is 1.86. The molecule has 2 aromatic rings. The van der Waals surface area contributed by atoms with Crippen molar-refractivity contribution in [1.29, 1.82) is 0 Å². The molecule has 0 bridgehead atoms. The Bertz CT molecular complexity index is 528. The van der Waals surface area contributed by atoms with Crippen molar-refractivity contribution in [1.82, 2.24) is 10.3 Å². The molecule has 1 aromatic carbocycles. The monoisotopic (exact) mass is 310 g/mol.